The summed E-state index contributed by atoms with van der Waals surface area (Å²) in [6.45, 7) is 12.0. The van der Waals surface area contributed by atoms with Gasteiger partial charge in [0.2, 0.25) is 0 Å². The number of piperidine rings is 1. The Labute approximate surface area is 133 Å². The summed E-state index contributed by atoms with van der Waals surface area (Å²) in [6, 6.07) is 1.99. The van der Waals surface area contributed by atoms with Crippen molar-refractivity contribution in [3.8, 4) is 0 Å². The maximum absolute atomic E-state index is 12.2. The number of H-pyrrole nitrogens is 1. The van der Waals surface area contributed by atoms with Gasteiger partial charge in [0.25, 0.3) is 5.91 Å². The van der Waals surface area contributed by atoms with Crippen molar-refractivity contribution < 1.29 is 4.79 Å². The first-order valence-corrected chi connectivity index (χ1v) is 8.55. The summed E-state index contributed by atoms with van der Waals surface area (Å²) in [7, 11) is 0. The lowest BCUT2D eigenvalue weighted by Crippen LogP contribution is -2.47. The molecule has 0 aromatic carbocycles. The molecule has 2 heterocycles. The smallest absolute Gasteiger partial charge is 0.272 e. The number of aryl methyl sites for hydroxylation is 1. The molecule has 1 amide bonds. The van der Waals surface area contributed by atoms with Crippen molar-refractivity contribution in [1.82, 2.24) is 20.4 Å². The van der Waals surface area contributed by atoms with E-state index in [1.54, 1.807) is 0 Å². The van der Waals surface area contributed by atoms with Crippen molar-refractivity contribution in [3.05, 3.63) is 17.5 Å². The second kappa shape index (κ2) is 7.77. The van der Waals surface area contributed by atoms with Crippen LogP contribution >= 0.6 is 0 Å². The molecule has 0 radical (unpaired) electrons. The van der Waals surface area contributed by atoms with Crippen LogP contribution in [0.2, 0.25) is 0 Å². The Morgan fingerprint density at radius 3 is 2.77 bits per heavy atom. The van der Waals surface area contributed by atoms with Gasteiger partial charge >= 0.3 is 0 Å². The third-order valence-electron chi connectivity index (χ3n) is 4.24. The molecule has 1 aromatic heterocycles. The number of rotatable bonds is 6. The van der Waals surface area contributed by atoms with Crippen molar-refractivity contribution >= 4 is 5.91 Å². The minimum atomic E-state index is -0.0794. The largest absolute Gasteiger partial charge is 0.347 e. The first-order valence-electron chi connectivity index (χ1n) is 8.55. The molecule has 3 atom stereocenters. The Morgan fingerprint density at radius 2 is 2.14 bits per heavy atom. The number of hydrogen-bond donors (Lipinski definition) is 2. The first kappa shape index (κ1) is 17.0. The van der Waals surface area contributed by atoms with Crippen LogP contribution in [0.15, 0.2) is 6.07 Å². The molecule has 2 N–H and O–H groups in total. The van der Waals surface area contributed by atoms with Gasteiger partial charge in [-0.05, 0) is 37.7 Å². The standard InChI is InChI=1S/C17H30N4O/c1-5-6-15-8-16(20-19-15)17(22)18-14(4)11-21-9-12(2)7-13(3)10-21/h8,12-14H,5-7,9-11H2,1-4H3,(H,18,22)(H,19,20). The molecule has 124 valence electrons. The molecule has 1 aliphatic heterocycles. The Bertz CT molecular complexity index is 475. The van der Waals surface area contributed by atoms with E-state index in [2.05, 4.69) is 48.1 Å². The Hall–Kier alpha value is -1.36. The summed E-state index contributed by atoms with van der Waals surface area (Å²) < 4.78 is 0. The topological polar surface area (TPSA) is 61.0 Å². The number of carbonyl (C=O) groups is 1. The highest BCUT2D eigenvalue weighted by Crippen LogP contribution is 2.20. The van der Waals surface area contributed by atoms with Crippen LogP contribution in [0.5, 0.6) is 0 Å². The maximum Gasteiger partial charge on any atom is 0.272 e. The zero-order valence-electron chi connectivity index (χ0n) is 14.4. The number of likely N-dealkylation sites (tertiary alicyclic amines) is 1. The summed E-state index contributed by atoms with van der Waals surface area (Å²) in [4.78, 5) is 14.7. The predicted molar refractivity (Wildman–Crippen MR) is 88.9 cm³/mol. The summed E-state index contributed by atoms with van der Waals surface area (Å²) in [5.41, 5.74) is 1.52. The summed E-state index contributed by atoms with van der Waals surface area (Å²) in [6.07, 6.45) is 3.29. The number of aromatic amines is 1. The van der Waals surface area contributed by atoms with Gasteiger partial charge in [-0.25, -0.2) is 0 Å². The third-order valence-corrected chi connectivity index (χ3v) is 4.24. The summed E-state index contributed by atoms with van der Waals surface area (Å²) >= 11 is 0. The van der Waals surface area contributed by atoms with Crippen LogP contribution < -0.4 is 5.32 Å². The quantitative estimate of drug-likeness (QED) is 0.848. The molecule has 0 bridgehead atoms. The van der Waals surface area contributed by atoms with Crippen LogP contribution in [0.3, 0.4) is 0 Å². The molecule has 0 aliphatic carbocycles. The minimum Gasteiger partial charge on any atom is -0.347 e. The van der Waals surface area contributed by atoms with E-state index in [-0.39, 0.29) is 11.9 Å². The van der Waals surface area contributed by atoms with E-state index >= 15 is 0 Å². The lowest BCUT2D eigenvalue weighted by atomic mass is 9.92. The number of hydrogen-bond acceptors (Lipinski definition) is 3. The molecule has 1 saturated heterocycles. The number of carbonyl (C=O) groups excluding carboxylic acids is 1. The van der Waals surface area contributed by atoms with E-state index in [1.165, 1.54) is 6.42 Å². The maximum atomic E-state index is 12.2. The molecular weight excluding hydrogens is 276 g/mol. The minimum absolute atomic E-state index is 0.0794. The third kappa shape index (κ3) is 4.83. The Balaban J connectivity index is 1.82. The number of amides is 1. The van der Waals surface area contributed by atoms with Crippen molar-refractivity contribution in [3.63, 3.8) is 0 Å². The zero-order chi connectivity index (χ0) is 16.1. The second-order valence-electron chi connectivity index (χ2n) is 7.07. The fraction of sp³-hybridized carbons (Fsp3) is 0.765. The molecule has 0 spiro atoms. The molecule has 1 aliphatic rings. The molecule has 1 fully saturated rings. The van der Waals surface area contributed by atoms with Gasteiger partial charge in [0.05, 0.1) is 0 Å². The monoisotopic (exact) mass is 306 g/mol. The summed E-state index contributed by atoms with van der Waals surface area (Å²) in [5.74, 6) is 1.41. The molecule has 5 heteroatoms. The second-order valence-corrected chi connectivity index (χ2v) is 7.07. The molecular formula is C17H30N4O. The van der Waals surface area contributed by atoms with Crippen molar-refractivity contribution in [2.45, 2.75) is 53.0 Å². The molecule has 3 unspecified atom stereocenters. The van der Waals surface area contributed by atoms with Crippen LogP contribution in [0, 0.1) is 11.8 Å². The van der Waals surface area contributed by atoms with Crippen LogP contribution in [0.25, 0.3) is 0 Å². The van der Waals surface area contributed by atoms with E-state index in [9.17, 15) is 4.79 Å². The van der Waals surface area contributed by atoms with Gasteiger partial charge in [-0.1, -0.05) is 27.2 Å². The zero-order valence-corrected chi connectivity index (χ0v) is 14.4. The van der Waals surface area contributed by atoms with Gasteiger partial charge in [0.15, 0.2) is 0 Å². The van der Waals surface area contributed by atoms with Crippen LogP contribution in [0.4, 0.5) is 0 Å². The van der Waals surface area contributed by atoms with Crippen molar-refractivity contribution in [1.29, 1.82) is 0 Å². The number of nitrogens with one attached hydrogen (secondary N) is 2. The fourth-order valence-corrected chi connectivity index (χ4v) is 3.55. The first-order chi connectivity index (χ1) is 10.5. The highest BCUT2D eigenvalue weighted by atomic mass is 16.2. The van der Waals surface area contributed by atoms with Crippen LogP contribution in [0.1, 0.15) is 56.7 Å². The van der Waals surface area contributed by atoms with E-state index in [1.807, 2.05) is 6.07 Å². The normalized spacial score (nSPS) is 24.2. The van der Waals surface area contributed by atoms with Gasteiger partial charge in [-0.15, -0.1) is 0 Å². The molecule has 2 rings (SSSR count). The molecule has 5 nitrogen and oxygen atoms in total. The lowest BCUT2D eigenvalue weighted by Gasteiger charge is -2.36. The number of nitrogens with zero attached hydrogens (tertiary/aromatic N) is 2. The van der Waals surface area contributed by atoms with E-state index in [4.69, 9.17) is 0 Å². The van der Waals surface area contributed by atoms with Crippen molar-refractivity contribution in [2.75, 3.05) is 19.6 Å². The van der Waals surface area contributed by atoms with E-state index in [0.717, 1.165) is 50.0 Å². The highest BCUT2D eigenvalue weighted by Gasteiger charge is 2.23. The van der Waals surface area contributed by atoms with Crippen LogP contribution in [-0.4, -0.2) is 46.7 Å². The molecule has 22 heavy (non-hydrogen) atoms. The number of aromatic nitrogens is 2. The predicted octanol–water partition coefficient (Wildman–Crippen LogP) is 2.46. The van der Waals surface area contributed by atoms with Gasteiger partial charge in [0, 0.05) is 31.4 Å². The Kier molecular flexibility index (Phi) is 6.00. The van der Waals surface area contributed by atoms with E-state index in [0.29, 0.717) is 5.69 Å². The summed E-state index contributed by atoms with van der Waals surface area (Å²) in [5, 5.41) is 10.1. The average molecular weight is 306 g/mol. The van der Waals surface area contributed by atoms with Gasteiger partial charge < -0.3 is 10.2 Å². The van der Waals surface area contributed by atoms with Gasteiger partial charge in [-0.3, -0.25) is 9.89 Å². The average Bonchev–Trinajstić information content (AvgIpc) is 2.86. The lowest BCUT2D eigenvalue weighted by molar-refractivity contribution is 0.0900. The van der Waals surface area contributed by atoms with Gasteiger partial charge in [-0.2, -0.15) is 5.10 Å². The molecule has 1 aromatic rings. The van der Waals surface area contributed by atoms with Crippen LogP contribution in [-0.2, 0) is 6.42 Å². The highest BCUT2D eigenvalue weighted by molar-refractivity contribution is 5.92. The fourth-order valence-electron chi connectivity index (χ4n) is 3.55. The van der Waals surface area contributed by atoms with Gasteiger partial charge in [0.1, 0.15) is 5.69 Å². The van der Waals surface area contributed by atoms with E-state index < -0.39 is 0 Å². The van der Waals surface area contributed by atoms with Crippen molar-refractivity contribution in [2.24, 2.45) is 11.8 Å². The SMILES string of the molecule is CCCc1cc(C(=O)NC(C)CN2CC(C)CC(C)C2)n[nH]1. The Morgan fingerprint density at radius 1 is 1.45 bits per heavy atom. The molecule has 0 saturated carbocycles.